The number of aromatic hydroxyl groups is 1. The van der Waals surface area contributed by atoms with Gasteiger partial charge in [-0.25, -0.2) is 0 Å². The molecule has 4 heteroatoms. The Morgan fingerprint density at radius 1 is 1.14 bits per heavy atom. The van der Waals surface area contributed by atoms with E-state index >= 15 is 0 Å². The molecule has 0 saturated heterocycles. The zero-order chi connectivity index (χ0) is 15.9. The van der Waals surface area contributed by atoms with Crippen LogP contribution >= 0.6 is 0 Å². The molecule has 0 spiro atoms. The van der Waals surface area contributed by atoms with E-state index < -0.39 is 0 Å². The van der Waals surface area contributed by atoms with Crippen molar-refractivity contribution >= 4 is 11.6 Å². The molecule has 2 aromatic rings. The fourth-order valence-electron chi connectivity index (χ4n) is 2.80. The normalized spacial score (nSPS) is 12.6. The molecule has 22 heavy (non-hydrogen) atoms. The van der Waals surface area contributed by atoms with E-state index in [-0.39, 0.29) is 34.2 Å². The number of ketones is 2. The number of allylic oxidation sites excluding steroid dienone is 1. The maximum absolute atomic E-state index is 12.8. The SMILES string of the molecule is C=CCc1cc(OC)c(O)c2c1C(=O)c1ccccc1C2=O. The average Bonchev–Trinajstić information content (AvgIpc) is 2.54. The summed E-state index contributed by atoms with van der Waals surface area (Å²) in [6.07, 6.45) is 2.05. The fourth-order valence-corrected chi connectivity index (χ4v) is 2.80. The van der Waals surface area contributed by atoms with Gasteiger partial charge in [-0.3, -0.25) is 9.59 Å². The fraction of sp³-hybridized carbons (Fsp3) is 0.111. The van der Waals surface area contributed by atoms with Crippen LogP contribution in [0.3, 0.4) is 0 Å². The Morgan fingerprint density at radius 2 is 1.73 bits per heavy atom. The molecule has 0 atom stereocenters. The Morgan fingerprint density at radius 3 is 2.27 bits per heavy atom. The Kier molecular flexibility index (Phi) is 3.29. The lowest BCUT2D eigenvalue weighted by molar-refractivity contribution is 0.0975. The summed E-state index contributed by atoms with van der Waals surface area (Å²) < 4.78 is 5.12. The zero-order valence-electron chi connectivity index (χ0n) is 12.1. The van der Waals surface area contributed by atoms with Gasteiger partial charge in [0.2, 0.25) is 0 Å². The summed E-state index contributed by atoms with van der Waals surface area (Å²) in [7, 11) is 1.40. The molecule has 1 aliphatic rings. The van der Waals surface area contributed by atoms with Crippen LogP contribution in [0.4, 0.5) is 0 Å². The molecular weight excluding hydrogens is 280 g/mol. The van der Waals surface area contributed by atoms with Gasteiger partial charge in [-0.05, 0) is 18.1 Å². The van der Waals surface area contributed by atoms with Crippen LogP contribution in [0.1, 0.15) is 37.4 Å². The Hall–Kier alpha value is -2.88. The average molecular weight is 294 g/mol. The molecule has 0 heterocycles. The number of carbonyl (C=O) groups excluding carboxylic acids is 2. The van der Waals surface area contributed by atoms with Crippen LogP contribution in [-0.4, -0.2) is 23.8 Å². The molecule has 110 valence electrons. The van der Waals surface area contributed by atoms with Gasteiger partial charge in [0.25, 0.3) is 0 Å². The lowest BCUT2D eigenvalue weighted by Gasteiger charge is -2.22. The third-order valence-corrected chi connectivity index (χ3v) is 3.80. The van der Waals surface area contributed by atoms with Crippen LogP contribution in [0.2, 0.25) is 0 Å². The first-order valence-electron chi connectivity index (χ1n) is 6.82. The van der Waals surface area contributed by atoms with Crippen molar-refractivity contribution in [3.05, 3.63) is 70.8 Å². The van der Waals surface area contributed by atoms with E-state index in [9.17, 15) is 14.7 Å². The molecular formula is C18H14O4. The highest BCUT2D eigenvalue weighted by atomic mass is 16.5. The first-order valence-corrected chi connectivity index (χ1v) is 6.82. The van der Waals surface area contributed by atoms with Crippen molar-refractivity contribution in [2.24, 2.45) is 0 Å². The number of phenolic OH excluding ortho intramolecular Hbond substituents is 1. The maximum atomic E-state index is 12.8. The highest BCUT2D eigenvalue weighted by Gasteiger charge is 2.35. The second-order valence-corrected chi connectivity index (χ2v) is 5.03. The van der Waals surface area contributed by atoms with Gasteiger partial charge in [0, 0.05) is 16.7 Å². The first-order chi connectivity index (χ1) is 10.6. The van der Waals surface area contributed by atoms with Crippen LogP contribution in [0, 0.1) is 0 Å². The van der Waals surface area contributed by atoms with Crippen LogP contribution < -0.4 is 4.74 Å². The molecule has 0 unspecified atom stereocenters. The number of hydrogen-bond acceptors (Lipinski definition) is 4. The number of hydrogen-bond donors (Lipinski definition) is 1. The molecule has 3 rings (SSSR count). The minimum Gasteiger partial charge on any atom is -0.504 e. The topological polar surface area (TPSA) is 63.6 Å². The molecule has 1 N–H and O–H groups in total. The van der Waals surface area contributed by atoms with Crippen LogP contribution in [0.15, 0.2) is 43.0 Å². The minimum atomic E-state index is -0.369. The van der Waals surface area contributed by atoms with Crippen molar-refractivity contribution in [2.75, 3.05) is 7.11 Å². The van der Waals surface area contributed by atoms with Gasteiger partial charge in [0.05, 0.1) is 12.7 Å². The van der Waals surface area contributed by atoms with E-state index in [0.29, 0.717) is 23.1 Å². The lowest BCUT2D eigenvalue weighted by Crippen LogP contribution is -2.23. The van der Waals surface area contributed by atoms with Crippen LogP contribution in [0.5, 0.6) is 11.5 Å². The third-order valence-electron chi connectivity index (χ3n) is 3.80. The van der Waals surface area contributed by atoms with Crippen molar-refractivity contribution < 1.29 is 19.4 Å². The third kappa shape index (κ3) is 1.84. The number of rotatable bonds is 3. The van der Waals surface area contributed by atoms with Crippen molar-refractivity contribution in [3.63, 3.8) is 0 Å². The van der Waals surface area contributed by atoms with Crippen molar-refractivity contribution in [1.29, 1.82) is 0 Å². The highest BCUT2D eigenvalue weighted by molar-refractivity contribution is 6.30. The monoisotopic (exact) mass is 294 g/mol. The summed E-state index contributed by atoms with van der Waals surface area (Å²) in [5.41, 5.74) is 1.53. The molecule has 0 bridgehead atoms. The summed E-state index contributed by atoms with van der Waals surface area (Å²) in [6.45, 7) is 3.67. The van der Waals surface area contributed by atoms with Gasteiger partial charge in [-0.1, -0.05) is 30.3 Å². The maximum Gasteiger partial charge on any atom is 0.198 e. The van der Waals surface area contributed by atoms with Gasteiger partial charge >= 0.3 is 0 Å². The van der Waals surface area contributed by atoms with Crippen LogP contribution in [-0.2, 0) is 6.42 Å². The summed E-state index contributed by atoms with van der Waals surface area (Å²) in [4.78, 5) is 25.5. The molecule has 1 aliphatic carbocycles. The molecule has 2 aromatic carbocycles. The Labute approximate surface area is 127 Å². The minimum absolute atomic E-state index is 0.0138. The molecule has 0 fully saturated rings. The number of methoxy groups -OCH3 is 1. The van der Waals surface area contributed by atoms with Gasteiger partial charge < -0.3 is 9.84 Å². The van der Waals surface area contributed by atoms with Crippen molar-refractivity contribution in [3.8, 4) is 11.5 Å². The molecule has 0 aromatic heterocycles. The van der Waals surface area contributed by atoms with E-state index in [2.05, 4.69) is 6.58 Å². The number of fused-ring (bicyclic) bond motifs is 2. The zero-order valence-corrected chi connectivity index (χ0v) is 12.1. The predicted molar refractivity (Wildman–Crippen MR) is 81.9 cm³/mol. The Balaban J connectivity index is 2.38. The standard InChI is InChI=1S/C18H14O4/c1-3-6-10-9-13(22-2)18(21)15-14(10)16(19)11-7-4-5-8-12(11)17(15)20/h3-5,7-9,21H,1,6H2,2H3. The largest absolute Gasteiger partial charge is 0.504 e. The second-order valence-electron chi connectivity index (χ2n) is 5.03. The lowest BCUT2D eigenvalue weighted by atomic mass is 9.80. The van der Waals surface area contributed by atoms with E-state index in [1.807, 2.05) is 0 Å². The van der Waals surface area contributed by atoms with Crippen molar-refractivity contribution in [1.82, 2.24) is 0 Å². The van der Waals surface area contributed by atoms with Gasteiger partial charge in [0.15, 0.2) is 23.1 Å². The van der Waals surface area contributed by atoms with E-state index in [1.54, 1.807) is 36.4 Å². The molecule has 0 amide bonds. The summed E-state index contributed by atoms with van der Waals surface area (Å²) in [5.74, 6) is -0.749. The first kappa shape index (κ1) is 14.1. The number of benzene rings is 2. The summed E-state index contributed by atoms with van der Waals surface area (Å²) >= 11 is 0. The molecule has 0 aliphatic heterocycles. The summed E-state index contributed by atoms with van der Waals surface area (Å²) in [6, 6.07) is 8.19. The predicted octanol–water partition coefficient (Wildman–Crippen LogP) is 2.90. The van der Waals surface area contributed by atoms with Gasteiger partial charge in [0.1, 0.15) is 0 Å². The van der Waals surface area contributed by atoms with Crippen molar-refractivity contribution in [2.45, 2.75) is 6.42 Å². The molecule has 4 nitrogen and oxygen atoms in total. The van der Waals surface area contributed by atoms with E-state index in [4.69, 9.17) is 4.74 Å². The highest BCUT2D eigenvalue weighted by Crippen LogP contribution is 2.40. The molecule has 0 radical (unpaired) electrons. The Bertz CT molecular complexity index is 818. The number of phenols is 1. The van der Waals surface area contributed by atoms with E-state index in [0.717, 1.165) is 0 Å². The number of ether oxygens (including phenoxy) is 1. The summed E-state index contributed by atoms with van der Waals surface area (Å²) in [5, 5.41) is 10.3. The molecule has 0 saturated carbocycles. The second kappa shape index (κ2) is 5.15. The van der Waals surface area contributed by atoms with E-state index in [1.165, 1.54) is 7.11 Å². The van der Waals surface area contributed by atoms with Gasteiger partial charge in [-0.2, -0.15) is 0 Å². The number of carbonyl (C=O) groups is 2. The van der Waals surface area contributed by atoms with Crippen LogP contribution in [0.25, 0.3) is 0 Å². The van der Waals surface area contributed by atoms with Gasteiger partial charge in [-0.15, -0.1) is 6.58 Å². The smallest absolute Gasteiger partial charge is 0.198 e. The quantitative estimate of drug-likeness (QED) is 0.754.